The molecule has 1 amide bonds. The van der Waals surface area contributed by atoms with Gasteiger partial charge in [-0.25, -0.2) is 0 Å². The van der Waals surface area contributed by atoms with Gasteiger partial charge in [0.1, 0.15) is 5.75 Å². The lowest BCUT2D eigenvalue weighted by molar-refractivity contribution is -0.0498. The first kappa shape index (κ1) is 16.9. The van der Waals surface area contributed by atoms with Crippen LogP contribution in [0.1, 0.15) is 35.8 Å². The molecule has 0 aromatic heterocycles. The molecule has 2 rings (SSSR count). The number of benzene rings is 2. The Morgan fingerprint density at radius 1 is 1.04 bits per heavy atom. The highest BCUT2D eigenvalue weighted by atomic mass is 19.3. The Morgan fingerprint density at radius 2 is 1.74 bits per heavy atom. The van der Waals surface area contributed by atoms with Crippen LogP contribution in [0.2, 0.25) is 0 Å². The van der Waals surface area contributed by atoms with Crippen molar-refractivity contribution in [1.29, 1.82) is 0 Å². The summed E-state index contributed by atoms with van der Waals surface area (Å²) in [6, 6.07) is 15.2. The second-order valence-corrected chi connectivity index (χ2v) is 5.51. The Balaban J connectivity index is 2.16. The summed E-state index contributed by atoms with van der Waals surface area (Å²) in [5, 5.41) is 2.95. The van der Waals surface area contributed by atoms with Crippen molar-refractivity contribution in [2.45, 2.75) is 26.5 Å². The topological polar surface area (TPSA) is 38.3 Å². The molecular formula is C18H19F2NO2. The lowest BCUT2D eigenvalue weighted by Gasteiger charge is -2.23. The molecule has 23 heavy (non-hydrogen) atoms. The van der Waals surface area contributed by atoms with Crippen molar-refractivity contribution >= 4 is 5.91 Å². The molecule has 0 saturated heterocycles. The van der Waals surface area contributed by atoms with Gasteiger partial charge in [0.25, 0.3) is 5.91 Å². The van der Waals surface area contributed by atoms with Crippen molar-refractivity contribution in [2.75, 3.05) is 0 Å². The van der Waals surface area contributed by atoms with Crippen molar-refractivity contribution in [3.63, 3.8) is 0 Å². The van der Waals surface area contributed by atoms with E-state index in [-0.39, 0.29) is 29.2 Å². The molecule has 0 fully saturated rings. The summed E-state index contributed by atoms with van der Waals surface area (Å²) in [6.07, 6.45) is 0. The molecule has 2 aromatic rings. The van der Waals surface area contributed by atoms with Crippen LogP contribution in [0.5, 0.6) is 5.75 Å². The van der Waals surface area contributed by atoms with Crippen molar-refractivity contribution in [3.05, 3.63) is 65.7 Å². The van der Waals surface area contributed by atoms with Gasteiger partial charge in [0.15, 0.2) is 0 Å². The minimum absolute atomic E-state index is 0.0338. The number of rotatable bonds is 6. The highest BCUT2D eigenvalue weighted by molar-refractivity contribution is 5.94. The van der Waals surface area contributed by atoms with E-state index in [2.05, 4.69) is 10.1 Å². The van der Waals surface area contributed by atoms with Crippen LogP contribution in [0.4, 0.5) is 8.78 Å². The molecule has 2 aromatic carbocycles. The maximum Gasteiger partial charge on any atom is 0.387 e. The lowest BCUT2D eigenvalue weighted by atomic mass is 9.95. The molecule has 0 spiro atoms. The molecule has 3 nitrogen and oxygen atoms in total. The average Bonchev–Trinajstić information content (AvgIpc) is 2.52. The highest BCUT2D eigenvalue weighted by Gasteiger charge is 2.19. The van der Waals surface area contributed by atoms with Crippen LogP contribution in [-0.2, 0) is 0 Å². The van der Waals surface area contributed by atoms with Gasteiger partial charge in [-0.2, -0.15) is 8.78 Å². The van der Waals surface area contributed by atoms with E-state index in [9.17, 15) is 13.6 Å². The zero-order valence-corrected chi connectivity index (χ0v) is 13.0. The number of halogens is 2. The molecule has 122 valence electrons. The first-order chi connectivity index (χ1) is 11.0. The van der Waals surface area contributed by atoms with Crippen LogP contribution in [-0.4, -0.2) is 12.5 Å². The Bertz CT molecular complexity index is 644. The Morgan fingerprint density at radius 3 is 2.35 bits per heavy atom. The summed E-state index contributed by atoms with van der Waals surface area (Å²) in [4.78, 5) is 12.4. The van der Waals surface area contributed by atoms with Gasteiger partial charge in [0.2, 0.25) is 0 Å². The van der Waals surface area contributed by atoms with Gasteiger partial charge >= 0.3 is 6.61 Å². The van der Waals surface area contributed by atoms with Gasteiger partial charge in [-0.05, 0) is 29.7 Å². The molecule has 0 heterocycles. The van der Waals surface area contributed by atoms with E-state index in [1.54, 1.807) is 6.07 Å². The van der Waals surface area contributed by atoms with Crippen molar-refractivity contribution in [2.24, 2.45) is 5.92 Å². The van der Waals surface area contributed by atoms with Crippen molar-refractivity contribution < 1.29 is 18.3 Å². The molecule has 0 aliphatic rings. The first-order valence-corrected chi connectivity index (χ1v) is 7.38. The van der Waals surface area contributed by atoms with Gasteiger partial charge in [-0.3, -0.25) is 4.79 Å². The monoisotopic (exact) mass is 319 g/mol. The van der Waals surface area contributed by atoms with Crippen molar-refractivity contribution in [1.82, 2.24) is 5.32 Å². The van der Waals surface area contributed by atoms with Crippen LogP contribution in [0.3, 0.4) is 0 Å². The maximum absolute atomic E-state index is 12.4. The van der Waals surface area contributed by atoms with Crippen LogP contribution in [0.15, 0.2) is 54.6 Å². The van der Waals surface area contributed by atoms with Gasteiger partial charge in [0, 0.05) is 5.56 Å². The minimum atomic E-state index is -2.92. The van der Waals surface area contributed by atoms with E-state index in [1.165, 1.54) is 18.2 Å². The second kappa shape index (κ2) is 7.72. The quantitative estimate of drug-likeness (QED) is 0.856. The fraction of sp³-hybridized carbons (Fsp3) is 0.278. The van der Waals surface area contributed by atoms with Gasteiger partial charge in [-0.15, -0.1) is 0 Å². The highest BCUT2D eigenvalue weighted by Crippen LogP contribution is 2.23. The molecule has 1 N–H and O–H groups in total. The smallest absolute Gasteiger partial charge is 0.387 e. The molecule has 0 aliphatic heterocycles. The Hall–Kier alpha value is -2.43. The normalized spacial score (nSPS) is 12.3. The minimum Gasteiger partial charge on any atom is -0.435 e. The number of carbonyl (C=O) groups is 1. The van der Waals surface area contributed by atoms with Gasteiger partial charge in [0.05, 0.1) is 6.04 Å². The number of ether oxygens (including phenoxy) is 1. The predicted molar refractivity (Wildman–Crippen MR) is 84.6 cm³/mol. The summed E-state index contributed by atoms with van der Waals surface area (Å²) in [5.41, 5.74) is 1.28. The zero-order chi connectivity index (χ0) is 16.8. The fourth-order valence-electron chi connectivity index (χ4n) is 2.33. The van der Waals surface area contributed by atoms with E-state index >= 15 is 0 Å². The van der Waals surface area contributed by atoms with E-state index in [0.29, 0.717) is 0 Å². The Labute approximate surface area is 134 Å². The second-order valence-electron chi connectivity index (χ2n) is 5.51. The molecule has 0 aliphatic carbocycles. The van der Waals surface area contributed by atoms with Crippen LogP contribution < -0.4 is 10.1 Å². The molecule has 1 atom stereocenters. The number of alkyl halides is 2. The standard InChI is InChI=1S/C18H19F2NO2/c1-12(2)16(13-7-4-3-5-8-13)21-17(22)14-9-6-10-15(11-14)23-18(19)20/h3-12,16,18H,1-2H3,(H,21,22)/t16-/m0/s1. The molecule has 0 radical (unpaired) electrons. The number of carbonyl (C=O) groups excluding carboxylic acids is 1. The fourth-order valence-corrected chi connectivity index (χ4v) is 2.33. The summed E-state index contributed by atoms with van der Waals surface area (Å²) >= 11 is 0. The summed E-state index contributed by atoms with van der Waals surface area (Å²) in [5.74, 6) is -0.178. The van der Waals surface area contributed by atoms with E-state index in [4.69, 9.17) is 0 Å². The number of hydrogen-bond acceptors (Lipinski definition) is 2. The SMILES string of the molecule is CC(C)[C@H](NC(=O)c1cccc(OC(F)F)c1)c1ccccc1. The van der Waals surface area contributed by atoms with E-state index in [1.807, 2.05) is 44.2 Å². The third-order valence-electron chi connectivity index (χ3n) is 3.43. The van der Waals surface area contributed by atoms with Gasteiger partial charge < -0.3 is 10.1 Å². The van der Waals surface area contributed by atoms with Crippen LogP contribution in [0, 0.1) is 5.92 Å². The van der Waals surface area contributed by atoms with E-state index < -0.39 is 6.61 Å². The summed E-state index contributed by atoms with van der Waals surface area (Å²) in [7, 11) is 0. The third-order valence-corrected chi connectivity index (χ3v) is 3.43. The van der Waals surface area contributed by atoms with Crippen LogP contribution >= 0.6 is 0 Å². The summed E-state index contributed by atoms with van der Waals surface area (Å²) < 4.78 is 28.9. The summed E-state index contributed by atoms with van der Waals surface area (Å²) in [6.45, 7) is 1.10. The molecule has 0 saturated carbocycles. The van der Waals surface area contributed by atoms with Crippen molar-refractivity contribution in [3.8, 4) is 5.75 Å². The lowest BCUT2D eigenvalue weighted by Crippen LogP contribution is -2.31. The molecule has 0 unspecified atom stereocenters. The first-order valence-electron chi connectivity index (χ1n) is 7.38. The number of nitrogens with one attached hydrogen (secondary N) is 1. The maximum atomic E-state index is 12.4. The van der Waals surface area contributed by atoms with Gasteiger partial charge in [-0.1, -0.05) is 50.2 Å². The molecular weight excluding hydrogens is 300 g/mol. The zero-order valence-electron chi connectivity index (χ0n) is 13.0. The van der Waals surface area contributed by atoms with Crippen LogP contribution in [0.25, 0.3) is 0 Å². The molecule has 5 heteroatoms. The number of hydrogen-bond donors (Lipinski definition) is 1. The average molecular weight is 319 g/mol. The van der Waals surface area contributed by atoms with E-state index in [0.717, 1.165) is 5.56 Å². The molecule has 0 bridgehead atoms. The largest absolute Gasteiger partial charge is 0.435 e. The third kappa shape index (κ3) is 4.77. The predicted octanol–water partition coefficient (Wildman–Crippen LogP) is 4.42. The number of amides is 1. The Kier molecular flexibility index (Phi) is 5.68.